The Hall–Kier alpha value is -3.13. The van der Waals surface area contributed by atoms with Crippen LogP contribution >= 0.6 is 23.1 Å². The SMILES string of the molecule is N#Cc1c(N)[nH+]c(SCC(=O)c2ccccc2)c(C#N)c1-c1cccs1. The lowest BCUT2D eigenvalue weighted by Crippen LogP contribution is -2.19. The summed E-state index contributed by atoms with van der Waals surface area (Å²) in [7, 11) is 0. The maximum absolute atomic E-state index is 12.3. The van der Waals surface area contributed by atoms with E-state index in [-0.39, 0.29) is 22.9 Å². The van der Waals surface area contributed by atoms with E-state index in [1.807, 2.05) is 23.6 Å². The first-order chi connectivity index (χ1) is 12.7. The van der Waals surface area contributed by atoms with E-state index in [1.54, 1.807) is 24.3 Å². The molecule has 0 saturated heterocycles. The Labute approximate surface area is 158 Å². The average molecular weight is 377 g/mol. The molecule has 0 aliphatic rings. The molecule has 0 fully saturated rings. The molecule has 0 saturated carbocycles. The molecule has 0 bridgehead atoms. The van der Waals surface area contributed by atoms with E-state index in [9.17, 15) is 15.3 Å². The average Bonchev–Trinajstić information content (AvgIpc) is 3.20. The molecule has 3 aromatic rings. The second-order valence-electron chi connectivity index (χ2n) is 5.27. The highest BCUT2D eigenvalue weighted by atomic mass is 32.2. The van der Waals surface area contributed by atoms with Crippen molar-refractivity contribution in [1.82, 2.24) is 0 Å². The molecule has 0 radical (unpaired) electrons. The van der Waals surface area contributed by atoms with Gasteiger partial charge in [-0.25, -0.2) is 4.98 Å². The smallest absolute Gasteiger partial charge is 0.289 e. The zero-order chi connectivity index (χ0) is 18.5. The number of nitrogens with one attached hydrogen (secondary N) is 1. The van der Waals surface area contributed by atoms with Crippen LogP contribution in [0.15, 0.2) is 52.9 Å². The minimum absolute atomic E-state index is 0.0477. The maximum Gasteiger partial charge on any atom is 0.289 e. The third-order valence-corrected chi connectivity index (χ3v) is 5.57. The lowest BCUT2D eigenvalue weighted by atomic mass is 10.0. The van der Waals surface area contributed by atoms with Crippen LogP contribution in [0.4, 0.5) is 5.82 Å². The summed E-state index contributed by atoms with van der Waals surface area (Å²) in [5, 5.41) is 21.5. The number of nitriles is 2. The van der Waals surface area contributed by atoms with E-state index < -0.39 is 0 Å². The second-order valence-corrected chi connectivity index (χ2v) is 7.20. The predicted molar refractivity (Wildman–Crippen MR) is 102 cm³/mol. The van der Waals surface area contributed by atoms with Gasteiger partial charge in [0.15, 0.2) is 16.4 Å². The molecule has 126 valence electrons. The fraction of sp³-hybridized carbons (Fsp3) is 0.0526. The van der Waals surface area contributed by atoms with Crippen molar-refractivity contribution >= 4 is 34.7 Å². The van der Waals surface area contributed by atoms with Crippen LogP contribution in [-0.2, 0) is 0 Å². The Morgan fingerprint density at radius 2 is 1.85 bits per heavy atom. The number of nitrogens with two attached hydrogens (primary N) is 1. The summed E-state index contributed by atoms with van der Waals surface area (Å²) in [4.78, 5) is 16.0. The number of hydrogen-bond donors (Lipinski definition) is 1. The Bertz CT molecular complexity index is 1030. The van der Waals surface area contributed by atoms with Crippen LogP contribution in [0.5, 0.6) is 0 Å². The Morgan fingerprint density at radius 1 is 1.12 bits per heavy atom. The number of carbonyl (C=O) groups excluding carboxylic acids is 1. The van der Waals surface area contributed by atoms with Gasteiger partial charge in [-0.05, 0) is 11.4 Å². The van der Waals surface area contributed by atoms with Crippen molar-refractivity contribution in [1.29, 1.82) is 10.5 Å². The van der Waals surface area contributed by atoms with E-state index in [0.717, 1.165) is 4.88 Å². The summed E-state index contributed by atoms with van der Waals surface area (Å²) in [5.74, 6) is 0.294. The molecule has 3 N–H and O–H groups in total. The molecule has 3 rings (SSSR count). The van der Waals surface area contributed by atoms with Crippen LogP contribution in [0.1, 0.15) is 21.5 Å². The minimum atomic E-state index is -0.0477. The molecule has 2 aromatic heterocycles. The number of ketones is 1. The van der Waals surface area contributed by atoms with Gasteiger partial charge in [0, 0.05) is 16.0 Å². The van der Waals surface area contributed by atoms with E-state index in [4.69, 9.17) is 5.73 Å². The molecule has 1 aromatic carbocycles. The lowest BCUT2D eigenvalue weighted by molar-refractivity contribution is -0.410. The van der Waals surface area contributed by atoms with Crippen LogP contribution in [0.2, 0.25) is 0 Å². The number of Topliss-reactive ketones (excluding diaryl/α,β-unsaturated/α-hetero) is 1. The number of anilines is 1. The first-order valence-electron chi connectivity index (χ1n) is 7.59. The number of carbonyl (C=O) groups is 1. The van der Waals surface area contributed by atoms with Crippen LogP contribution < -0.4 is 10.7 Å². The number of H-pyrrole nitrogens is 1. The van der Waals surface area contributed by atoms with Crippen molar-refractivity contribution in [2.75, 3.05) is 11.5 Å². The maximum atomic E-state index is 12.3. The molecular formula is C19H13N4OS2+. The Kier molecular flexibility index (Phi) is 5.33. The van der Waals surface area contributed by atoms with Crippen LogP contribution in [0, 0.1) is 22.7 Å². The first kappa shape index (κ1) is 17.7. The number of thiophene rings is 1. The van der Waals surface area contributed by atoms with Gasteiger partial charge >= 0.3 is 0 Å². The first-order valence-corrected chi connectivity index (χ1v) is 9.46. The second kappa shape index (κ2) is 7.83. The largest absolute Gasteiger partial charge is 0.293 e. The molecule has 0 aliphatic carbocycles. The number of nitrogens with zero attached hydrogens (tertiary/aromatic N) is 2. The highest BCUT2D eigenvalue weighted by Crippen LogP contribution is 2.36. The summed E-state index contributed by atoms with van der Waals surface area (Å²) in [5.41, 5.74) is 7.68. The molecule has 0 unspecified atom stereocenters. The molecule has 0 spiro atoms. The van der Waals surface area contributed by atoms with Gasteiger partial charge in [-0.15, -0.1) is 11.3 Å². The summed E-state index contributed by atoms with van der Waals surface area (Å²) < 4.78 is 0. The fourth-order valence-electron chi connectivity index (χ4n) is 2.46. The zero-order valence-electron chi connectivity index (χ0n) is 13.5. The van der Waals surface area contributed by atoms with Gasteiger partial charge < -0.3 is 0 Å². The number of hydrogen-bond acceptors (Lipinski definition) is 6. The van der Waals surface area contributed by atoms with Crippen molar-refractivity contribution in [3.8, 4) is 22.6 Å². The quantitative estimate of drug-likeness (QED) is 0.541. The zero-order valence-corrected chi connectivity index (χ0v) is 15.2. The van der Waals surface area contributed by atoms with E-state index in [2.05, 4.69) is 17.1 Å². The monoisotopic (exact) mass is 377 g/mol. The standard InChI is InChI=1S/C19H12N4OS2/c20-9-13-17(16-7-4-8-25-16)14(10-21)19(23-18(13)22)26-11-15(24)12-5-2-1-3-6-12/h1-8H,11H2,(H2,22,23)/p+1. The minimum Gasteiger partial charge on any atom is -0.293 e. The summed E-state index contributed by atoms with van der Waals surface area (Å²) in [6.45, 7) is 0. The van der Waals surface area contributed by atoms with Crippen molar-refractivity contribution in [2.45, 2.75) is 5.03 Å². The molecule has 5 nitrogen and oxygen atoms in total. The number of benzene rings is 1. The predicted octanol–water partition coefficient (Wildman–Crippen LogP) is 3.53. The number of aromatic amines is 1. The van der Waals surface area contributed by atoms with E-state index >= 15 is 0 Å². The highest BCUT2D eigenvalue weighted by molar-refractivity contribution is 7.99. The normalized spacial score (nSPS) is 10.1. The summed E-state index contributed by atoms with van der Waals surface area (Å²) in [6, 6.07) is 16.9. The molecule has 2 heterocycles. The molecule has 0 amide bonds. The van der Waals surface area contributed by atoms with Gasteiger partial charge in [-0.2, -0.15) is 10.5 Å². The number of nitrogen functional groups attached to an aromatic ring is 1. The molecule has 0 aliphatic heterocycles. The van der Waals surface area contributed by atoms with E-state index in [0.29, 0.717) is 21.7 Å². The number of rotatable bonds is 5. The highest BCUT2D eigenvalue weighted by Gasteiger charge is 2.24. The Balaban J connectivity index is 1.99. The molecular weight excluding hydrogens is 364 g/mol. The van der Waals surface area contributed by atoms with Gasteiger partial charge in [-0.3, -0.25) is 10.5 Å². The number of thioether (sulfide) groups is 1. The molecule has 26 heavy (non-hydrogen) atoms. The summed E-state index contributed by atoms with van der Waals surface area (Å²) in [6.07, 6.45) is 0. The van der Waals surface area contributed by atoms with E-state index in [1.165, 1.54) is 23.1 Å². The fourth-order valence-corrected chi connectivity index (χ4v) is 4.16. The molecule has 7 heteroatoms. The van der Waals surface area contributed by atoms with Gasteiger partial charge in [0.05, 0.1) is 5.75 Å². The van der Waals surface area contributed by atoms with Gasteiger partial charge in [0.1, 0.15) is 17.7 Å². The van der Waals surface area contributed by atoms with Crippen molar-refractivity contribution in [2.24, 2.45) is 0 Å². The van der Waals surface area contributed by atoms with Crippen molar-refractivity contribution in [3.63, 3.8) is 0 Å². The molecule has 0 atom stereocenters. The third-order valence-electron chi connectivity index (χ3n) is 3.68. The van der Waals surface area contributed by atoms with Crippen LogP contribution in [-0.4, -0.2) is 11.5 Å². The third kappa shape index (κ3) is 3.45. The Morgan fingerprint density at radius 3 is 2.46 bits per heavy atom. The van der Waals surface area contributed by atoms with Crippen molar-refractivity contribution < 1.29 is 9.78 Å². The van der Waals surface area contributed by atoms with Gasteiger partial charge in [-0.1, -0.05) is 48.2 Å². The topological polar surface area (TPSA) is 105 Å². The van der Waals surface area contributed by atoms with Gasteiger partial charge in [0.25, 0.3) is 5.82 Å². The van der Waals surface area contributed by atoms with Gasteiger partial charge in [0.2, 0.25) is 0 Å². The summed E-state index contributed by atoms with van der Waals surface area (Å²) >= 11 is 2.63. The van der Waals surface area contributed by atoms with Crippen LogP contribution in [0.25, 0.3) is 10.4 Å². The number of pyridine rings is 1. The lowest BCUT2D eigenvalue weighted by Gasteiger charge is -2.08. The van der Waals surface area contributed by atoms with Crippen LogP contribution in [0.3, 0.4) is 0 Å². The number of aromatic nitrogens is 1. The van der Waals surface area contributed by atoms with Crippen molar-refractivity contribution in [3.05, 3.63) is 64.5 Å².